The molecule has 1 amide bonds. The predicted molar refractivity (Wildman–Crippen MR) is 88.1 cm³/mol. The number of carbonyl (C=O) groups is 2. The first-order valence-corrected chi connectivity index (χ1v) is 9.35. The van der Waals surface area contributed by atoms with Gasteiger partial charge in [-0.3, -0.25) is 4.79 Å². The van der Waals surface area contributed by atoms with Crippen molar-refractivity contribution in [1.29, 1.82) is 0 Å². The van der Waals surface area contributed by atoms with Gasteiger partial charge in [-0.05, 0) is 19.8 Å². The van der Waals surface area contributed by atoms with E-state index in [9.17, 15) is 9.59 Å². The van der Waals surface area contributed by atoms with Gasteiger partial charge in [0.25, 0.3) is 0 Å². The smallest absolute Gasteiger partial charge is 0.343 e. The average Bonchev–Trinajstić information content (AvgIpc) is 3.12. The fraction of sp³-hybridized carbons (Fsp3) is 0.684. The molecule has 5 rings (SSSR count). The maximum Gasteiger partial charge on any atom is 0.343 e. The minimum absolute atomic E-state index is 0.0253. The molecule has 0 aromatic carbocycles. The first-order valence-electron chi connectivity index (χ1n) is 9.35. The highest BCUT2D eigenvalue weighted by Gasteiger charge is 2.68. The molecule has 4 fully saturated rings. The quantitative estimate of drug-likeness (QED) is 0.664. The van der Waals surface area contributed by atoms with Crippen molar-refractivity contribution in [2.75, 3.05) is 13.7 Å². The van der Waals surface area contributed by atoms with Crippen LogP contribution in [0.25, 0.3) is 0 Å². The van der Waals surface area contributed by atoms with Gasteiger partial charge in [-0.15, -0.1) is 0 Å². The lowest BCUT2D eigenvalue weighted by atomic mass is 9.79. The number of rotatable bonds is 1. The highest BCUT2D eigenvalue weighted by molar-refractivity contribution is 5.93. The molecule has 0 aromatic rings. The minimum Gasteiger partial charge on any atom is -0.492 e. The Bertz CT molecular complexity index is 770. The van der Waals surface area contributed by atoms with Crippen LogP contribution in [0, 0.1) is 11.8 Å². The van der Waals surface area contributed by atoms with E-state index < -0.39 is 11.8 Å². The Morgan fingerprint density at radius 3 is 2.88 bits per heavy atom. The number of allylic oxidation sites excluding steroid dienone is 1. The fourth-order valence-corrected chi connectivity index (χ4v) is 5.49. The number of carbonyl (C=O) groups excluding carboxylic acids is 2. The van der Waals surface area contributed by atoms with Crippen LogP contribution in [0.1, 0.15) is 39.5 Å². The van der Waals surface area contributed by atoms with Gasteiger partial charge in [0, 0.05) is 25.3 Å². The zero-order valence-corrected chi connectivity index (χ0v) is 15.2. The van der Waals surface area contributed by atoms with Crippen LogP contribution in [0.5, 0.6) is 0 Å². The number of nitrogens with zero attached hydrogens (tertiary/aromatic N) is 1. The molecule has 7 heteroatoms. The molecule has 0 aliphatic carbocycles. The van der Waals surface area contributed by atoms with Crippen molar-refractivity contribution in [3.63, 3.8) is 0 Å². The van der Waals surface area contributed by atoms with Gasteiger partial charge >= 0.3 is 5.97 Å². The zero-order chi connectivity index (χ0) is 18.2. The van der Waals surface area contributed by atoms with Gasteiger partial charge in [-0.25, -0.2) is 4.79 Å². The number of amides is 1. The molecular weight excluding hydrogens is 338 g/mol. The van der Waals surface area contributed by atoms with Crippen LogP contribution in [0.15, 0.2) is 22.9 Å². The van der Waals surface area contributed by atoms with E-state index >= 15 is 0 Å². The maximum atomic E-state index is 12.5. The van der Waals surface area contributed by atoms with Crippen molar-refractivity contribution in [3.8, 4) is 0 Å². The zero-order valence-electron chi connectivity index (χ0n) is 15.2. The molecular formula is C19H23NO6. The van der Waals surface area contributed by atoms with E-state index in [0.29, 0.717) is 29.3 Å². The third-order valence-corrected chi connectivity index (χ3v) is 6.57. The van der Waals surface area contributed by atoms with Crippen molar-refractivity contribution < 1.29 is 28.5 Å². The molecule has 2 bridgehead atoms. The first kappa shape index (κ1) is 16.2. The average molecular weight is 361 g/mol. The van der Waals surface area contributed by atoms with Gasteiger partial charge in [0.1, 0.15) is 5.76 Å². The van der Waals surface area contributed by atoms with E-state index in [0.717, 1.165) is 25.8 Å². The molecule has 5 heterocycles. The largest absolute Gasteiger partial charge is 0.492 e. The van der Waals surface area contributed by atoms with Crippen molar-refractivity contribution in [2.45, 2.75) is 57.5 Å². The molecule has 5 aliphatic rings. The van der Waals surface area contributed by atoms with E-state index in [1.807, 2.05) is 4.90 Å². The summed E-state index contributed by atoms with van der Waals surface area (Å²) >= 11 is 0. The van der Waals surface area contributed by atoms with Crippen LogP contribution >= 0.6 is 0 Å². The topological polar surface area (TPSA) is 74.3 Å². The van der Waals surface area contributed by atoms with Gasteiger partial charge in [0.2, 0.25) is 17.5 Å². The molecule has 140 valence electrons. The molecule has 4 saturated heterocycles. The Labute approximate surface area is 151 Å². The Hall–Kier alpha value is -2.02. The second kappa shape index (κ2) is 5.25. The Morgan fingerprint density at radius 1 is 1.31 bits per heavy atom. The summed E-state index contributed by atoms with van der Waals surface area (Å²) < 4.78 is 23.7. The summed E-state index contributed by atoms with van der Waals surface area (Å²) in [5, 5.41) is 0. The maximum absolute atomic E-state index is 12.5. The molecule has 0 radical (unpaired) electrons. The molecule has 0 aromatic heterocycles. The monoisotopic (exact) mass is 361 g/mol. The van der Waals surface area contributed by atoms with Crippen molar-refractivity contribution in [1.82, 2.24) is 4.90 Å². The van der Waals surface area contributed by atoms with Crippen LogP contribution in [0.3, 0.4) is 0 Å². The van der Waals surface area contributed by atoms with E-state index in [2.05, 4.69) is 6.92 Å². The second-order valence-corrected chi connectivity index (χ2v) is 7.85. The third kappa shape index (κ3) is 1.87. The van der Waals surface area contributed by atoms with Crippen LogP contribution in [0.4, 0.5) is 0 Å². The molecule has 0 saturated carbocycles. The Kier molecular flexibility index (Phi) is 3.27. The molecule has 5 aliphatic heterocycles. The highest BCUT2D eigenvalue weighted by atomic mass is 16.7. The summed E-state index contributed by atoms with van der Waals surface area (Å²) in [6.07, 6.45) is 2.88. The summed E-state index contributed by atoms with van der Waals surface area (Å²) in [5.74, 6) is 0.471. The van der Waals surface area contributed by atoms with E-state index in [1.165, 1.54) is 7.11 Å². The number of piperidine rings is 1. The van der Waals surface area contributed by atoms with Gasteiger partial charge in [0.05, 0.1) is 30.7 Å². The molecule has 7 nitrogen and oxygen atoms in total. The standard InChI is InChI=1S/C19H23NO6/c1-9-13-14-11-5-6-12(21)20(14)8-4-7-19(13,25-11)26-16(9)17-15(23-3)10(2)18(22)24-17/h9,11,13-14H,4-8H2,1-3H3/t9-,11-,13+,14-,19+/m0/s1. The minimum atomic E-state index is -0.738. The number of cyclic esters (lactones) is 1. The lowest BCUT2D eigenvalue weighted by Crippen LogP contribution is -2.52. The summed E-state index contributed by atoms with van der Waals surface area (Å²) in [6.45, 7) is 4.51. The second-order valence-electron chi connectivity index (χ2n) is 7.85. The van der Waals surface area contributed by atoms with Crippen LogP contribution in [-0.2, 0) is 28.5 Å². The molecule has 0 unspecified atom stereocenters. The van der Waals surface area contributed by atoms with Crippen LogP contribution in [0.2, 0.25) is 0 Å². The summed E-state index contributed by atoms with van der Waals surface area (Å²) in [6, 6.07) is 0.0278. The highest BCUT2D eigenvalue weighted by Crippen LogP contribution is 2.59. The van der Waals surface area contributed by atoms with E-state index in [1.54, 1.807) is 6.92 Å². The van der Waals surface area contributed by atoms with Gasteiger partial charge < -0.3 is 23.8 Å². The number of hydrogen-bond acceptors (Lipinski definition) is 6. The summed E-state index contributed by atoms with van der Waals surface area (Å²) in [7, 11) is 1.52. The van der Waals surface area contributed by atoms with Gasteiger partial charge in [0.15, 0.2) is 5.76 Å². The third-order valence-electron chi connectivity index (χ3n) is 6.57. The number of methoxy groups -OCH3 is 1. The van der Waals surface area contributed by atoms with E-state index in [-0.39, 0.29) is 29.9 Å². The molecule has 0 spiro atoms. The lowest BCUT2D eigenvalue weighted by molar-refractivity contribution is -0.211. The molecule has 5 atom stereocenters. The van der Waals surface area contributed by atoms with Crippen molar-refractivity contribution in [2.24, 2.45) is 11.8 Å². The summed E-state index contributed by atoms with van der Waals surface area (Å²) in [4.78, 5) is 26.5. The van der Waals surface area contributed by atoms with Gasteiger partial charge in [-0.2, -0.15) is 0 Å². The lowest BCUT2D eigenvalue weighted by Gasteiger charge is -2.39. The normalized spacial score (nSPS) is 44.0. The predicted octanol–water partition coefficient (Wildman–Crippen LogP) is 1.84. The van der Waals surface area contributed by atoms with Crippen molar-refractivity contribution >= 4 is 11.9 Å². The van der Waals surface area contributed by atoms with Crippen LogP contribution in [-0.4, -0.2) is 48.4 Å². The first-order chi connectivity index (χ1) is 12.5. The molecule has 26 heavy (non-hydrogen) atoms. The fourth-order valence-electron chi connectivity index (χ4n) is 5.49. The number of hydrogen-bond donors (Lipinski definition) is 0. The Balaban J connectivity index is 1.60. The SMILES string of the molecule is COC1=C(C)C(=O)OC1=C1O[C@@]23CCCN4C(=O)CC[C@H](O2)[C@H]4[C@H]3[C@@H]1C. The van der Waals surface area contributed by atoms with Gasteiger partial charge in [-0.1, -0.05) is 6.92 Å². The van der Waals surface area contributed by atoms with Crippen molar-refractivity contribution in [3.05, 3.63) is 22.9 Å². The molecule has 0 N–H and O–H groups in total. The number of esters is 1. The number of ether oxygens (including phenoxy) is 4. The van der Waals surface area contributed by atoms with Crippen LogP contribution < -0.4 is 0 Å². The Morgan fingerprint density at radius 2 is 2.12 bits per heavy atom. The summed E-state index contributed by atoms with van der Waals surface area (Å²) in [5.41, 5.74) is 0.442. The van der Waals surface area contributed by atoms with E-state index in [4.69, 9.17) is 18.9 Å².